The summed E-state index contributed by atoms with van der Waals surface area (Å²) in [4.78, 5) is 9.32. The molecule has 1 aromatic heterocycles. The van der Waals surface area contributed by atoms with Gasteiger partial charge in [-0.1, -0.05) is 66.7 Å². The van der Waals surface area contributed by atoms with Crippen LogP contribution in [0.3, 0.4) is 0 Å². The lowest BCUT2D eigenvalue weighted by Crippen LogP contribution is -1.91. The standard InChI is InChI=1S/C20H13BrN2/c21-20-19(22-17-8-4-5-9-18(17)23-20)16-12-10-15(11-13-16)14-6-2-1-3-7-14/h1-13H. The normalized spacial score (nSPS) is 10.8. The summed E-state index contributed by atoms with van der Waals surface area (Å²) in [6.45, 7) is 0. The number of hydrogen-bond donors (Lipinski definition) is 0. The third-order valence-electron chi connectivity index (χ3n) is 3.79. The number of benzene rings is 3. The molecule has 4 aromatic rings. The second-order valence-corrected chi connectivity index (χ2v) is 6.05. The lowest BCUT2D eigenvalue weighted by Gasteiger charge is -2.07. The molecule has 0 spiro atoms. The smallest absolute Gasteiger partial charge is 0.133 e. The Morgan fingerprint density at radius 2 is 1.04 bits per heavy atom. The van der Waals surface area contributed by atoms with Crippen LogP contribution in [0.1, 0.15) is 0 Å². The van der Waals surface area contributed by atoms with Crippen LogP contribution in [-0.2, 0) is 0 Å². The molecular weight excluding hydrogens is 348 g/mol. The third-order valence-corrected chi connectivity index (χ3v) is 4.35. The van der Waals surface area contributed by atoms with Gasteiger partial charge in [-0.2, -0.15) is 0 Å². The van der Waals surface area contributed by atoms with Crippen LogP contribution >= 0.6 is 15.9 Å². The summed E-state index contributed by atoms with van der Waals surface area (Å²) in [7, 11) is 0. The molecule has 4 rings (SSSR count). The van der Waals surface area contributed by atoms with Crippen molar-refractivity contribution in [2.45, 2.75) is 0 Å². The molecule has 0 atom stereocenters. The molecule has 0 aliphatic rings. The molecule has 110 valence electrons. The maximum Gasteiger partial charge on any atom is 0.133 e. The predicted molar refractivity (Wildman–Crippen MR) is 98.1 cm³/mol. The van der Waals surface area contributed by atoms with E-state index in [1.54, 1.807) is 0 Å². The van der Waals surface area contributed by atoms with Crippen molar-refractivity contribution in [2.75, 3.05) is 0 Å². The van der Waals surface area contributed by atoms with E-state index in [-0.39, 0.29) is 0 Å². The second-order valence-electron chi connectivity index (χ2n) is 5.30. The van der Waals surface area contributed by atoms with E-state index in [0.29, 0.717) is 0 Å². The quantitative estimate of drug-likeness (QED) is 0.456. The van der Waals surface area contributed by atoms with Gasteiger partial charge in [0.15, 0.2) is 0 Å². The zero-order valence-corrected chi connectivity index (χ0v) is 13.9. The van der Waals surface area contributed by atoms with Crippen LogP contribution in [0.2, 0.25) is 0 Å². The van der Waals surface area contributed by atoms with Gasteiger partial charge in [0, 0.05) is 5.56 Å². The highest BCUT2D eigenvalue weighted by molar-refractivity contribution is 9.10. The highest BCUT2D eigenvalue weighted by Crippen LogP contribution is 2.29. The molecule has 23 heavy (non-hydrogen) atoms. The van der Waals surface area contributed by atoms with Crippen molar-refractivity contribution in [3.63, 3.8) is 0 Å². The first-order chi connectivity index (χ1) is 11.3. The Morgan fingerprint density at radius 1 is 0.522 bits per heavy atom. The van der Waals surface area contributed by atoms with E-state index in [9.17, 15) is 0 Å². The van der Waals surface area contributed by atoms with E-state index in [4.69, 9.17) is 4.98 Å². The number of para-hydroxylation sites is 2. The fraction of sp³-hybridized carbons (Fsp3) is 0. The molecule has 2 nitrogen and oxygen atoms in total. The summed E-state index contributed by atoms with van der Waals surface area (Å²) in [5, 5.41) is 0. The highest BCUT2D eigenvalue weighted by atomic mass is 79.9. The van der Waals surface area contributed by atoms with E-state index in [2.05, 4.69) is 69.4 Å². The van der Waals surface area contributed by atoms with Gasteiger partial charge in [-0.3, -0.25) is 0 Å². The molecular formula is C20H13BrN2. The molecule has 1 heterocycles. The molecule has 0 unspecified atom stereocenters. The van der Waals surface area contributed by atoms with Gasteiger partial charge in [0.1, 0.15) is 10.3 Å². The number of hydrogen-bond acceptors (Lipinski definition) is 2. The third kappa shape index (κ3) is 2.76. The summed E-state index contributed by atoms with van der Waals surface area (Å²) >= 11 is 3.54. The van der Waals surface area contributed by atoms with Gasteiger partial charge in [-0.15, -0.1) is 0 Å². The first kappa shape index (κ1) is 14.1. The minimum absolute atomic E-state index is 0.767. The van der Waals surface area contributed by atoms with Gasteiger partial charge in [0.05, 0.1) is 11.0 Å². The van der Waals surface area contributed by atoms with E-state index < -0.39 is 0 Å². The molecule has 0 bridgehead atoms. The van der Waals surface area contributed by atoms with Crippen LogP contribution in [-0.4, -0.2) is 9.97 Å². The Morgan fingerprint density at radius 3 is 1.74 bits per heavy atom. The second kappa shape index (κ2) is 5.94. The molecule has 3 heteroatoms. The van der Waals surface area contributed by atoms with E-state index in [1.165, 1.54) is 11.1 Å². The number of fused-ring (bicyclic) bond motifs is 1. The van der Waals surface area contributed by atoms with Gasteiger partial charge < -0.3 is 0 Å². The molecule has 0 radical (unpaired) electrons. The van der Waals surface area contributed by atoms with Crippen LogP contribution < -0.4 is 0 Å². The van der Waals surface area contributed by atoms with Gasteiger partial charge >= 0.3 is 0 Å². The average Bonchev–Trinajstić information content (AvgIpc) is 2.62. The zero-order chi connectivity index (χ0) is 15.6. The minimum Gasteiger partial charge on any atom is -0.243 e. The topological polar surface area (TPSA) is 25.8 Å². The van der Waals surface area contributed by atoms with Gasteiger partial charge in [-0.05, 0) is 39.2 Å². The van der Waals surface area contributed by atoms with E-state index >= 15 is 0 Å². The van der Waals surface area contributed by atoms with Crippen LogP contribution in [0.4, 0.5) is 0 Å². The van der Waals surface area contributed by atoms with Crippen LogP contribution in [0.5, 0.6) is 0 Å². The molecule has 0 aliphatic heterocycles. The predicted octanol–water partition coefficient (Wildman–Crippen LogP) is 5.73. The highest BCUT2D eigenvalue weighted by Gasteiger charge is 2.09. The molecule has 0 aliphatic carbocycles. The van der Waals surface area contributed by atoms with Crippen molar-refractivity contribution in [1.82, 2.24) is 9.97 Å². The van der Waals surface area contributed by atoms with Crippen molar-refractivity contribution in [3.05, 3.63) is 83.5 Å². The molecule has 0 fully saturated rings. The summed E-state index contributed by atoms with van der Waals surface area (Å²) < 4.78 is 0.767. The summed E-state index contributed by atoms with van der Waals surface area (Å²) in [5.41, 5.74) is 6.11. The molecule has 0 saturated carbocycles. The average molecular weight is 361 g/mol. The van der Waals surface area contributed by atoms with Gasteiger partial charge in [0.2, 0.25) is 0 Å². The molecule has 0 saturated heterocycles. The SMILES string of the molecule is Brc1nc2ccccc2nc1-c1ccc(-c2ccccc2)cc1. The lowest BCUT2D eigenvalue weighted by molar-refractivity contribution is 1.25. The molecule has 0 N–H and O–H groups in total. The van der Waals surface area contributed by atoms with Crippen LogP contribution in [0.15, 0.2) is 83.5 Å². The summed E-state index contributed by atoms with van der Waals surface area (Å²) in [6.07, 6.45) is 0. The Kier molecular flexibility index (Phi) is 3.64. The Balaban J connectivity index is 1.78. The maximum atomic E-state index is 4.74. The fourth-order valence-corrected chi connectivity index (χ4v) is 3.12. The number of nitrogens with zero attached hydrogens (tertiary/aromatic N) is 2. The van der Waals surface area contributed by atoms with Crippen LogP contribution in [0.25, 0.3) is 33.4 Å². The van der Waals surface area contributed by atoms with Crippen LogP contribution in [0, 0.1) is 0 Å². The summed E-state index contributed by atoms with van der Waals surface area (Å²) in [6, 6.07) is 26.7. The Bertz CT molecular complexity index is 964. The largest absolute Gasteiger partial charge is 0.243 e. The summed E-state index contributed by atoms with van der Waals surface area (Å²) in [5.74, 6) is 0. The van der Waals surface area contributed by atoms with E-state index in [1.807, 2.05) is 30.3 Å². The lowest BCUT2D eigenvalue weighted by atomic mass is 10.0. The van der Waals surface area contributed by atoms with Crippen molar-refractivity contribution in [3.8, 4) is 22.4 Å². The first-order valence-corrected chi connectivity index (χ1v) is 8.19. The van der Waals surface area contributed by atoms with Crippen molar-refractivity contribution in [2.24, 2.45) is 0 Å². The van der Waals surface area contributed by atoms with E-state index in [0.717, 1.165) is 26.9 Å². The molecule has 0 amide bonds. The molecule has 3 aromatic carbocycles. The Labute approximate surface area is 143 Å². The monoisotopic (exact) mass is 360 g/mol. The minimum atomic E-state index is 0.767. The van der Waals surface area contributed by atoms with Gasteiger partial charge in [-0.25, -0.2) is 9.97 Å². The van der Waals surface area contributed by atoms with Crippen molar-refractivity contribution in [1.29, 1.82) is 0 Å². The van der Waals surface area contributed by atoms with Crippen molar-refractivity contribution < 1.29 is 0 Å². The maximum absolute atomic E-state index is 4.74. The first-order valence-electron chi connectivity index (χ1n) is 7.39. The van der Waals surface area contributed by atoms with Gasteiger partial charge in [0.25, 0.3) is 0 Å². The number of halogens is 1. The zero-order valence-electron chi connectivity index (χ0n) is 12.3. The Hall–Kier alpha value is -2.52. The van der Waals surface area contributed by atoms with Crippen molar-refractivity contribution >= 4 is 27.0 Å². The number of aromatic nitrogens is 2. The fourth-order valence-electron chi connectivity index (χ4n) is 2.61. The number of rotatable bonds is 2.